The standard InChI is InChI=1S/C8H15N5O2S/c1-2-11-7-5-10-6-8(13-7)12-3-4-16(9,14)15/h5-6H,2-4H2,1H3,(H2,9,14,15)(H2,11,12,13). The molecule has 0 fully saturated rings. The van der Waals surface area contributed by atoms with Gasteiger partial charge in [0.25, 0.3) is 0 Å². The van der Waals surface area contributed by atoms with Crippen molar-refractivity contribution in [3.63, 3.8) is 0 Å². The molecule has 0 radical (unpaired) electrons. The van der Waals surface area contributed by atoms with Crippen molar-refractivity contribution in [1.29, 1.82) is 0 Å². The van der Waals surface area contributed by atoms with Crippen LogP contribution in [-0.4, -0.2) is 37.2 Å². The second-order valence-corrected chi connectivity index (χ2v) is 4.85. The smallest absolute Gasteiger partial charge is 0.210 e. The van der Waals surface area contributed by atoms with E-state index in [0.717, 1.165) is 6.54 Å². The molecule has 4 N–H and O–H groups in total. The summed E-state index contributed by atoms with van der Waals surface area (Å²) in [7, 11) is -3.44. The molecular weight excluding hydrogens is 230 g/mol. The van der Waals surface area contributed by atoms with Gasteiger partial charge in [0.1, 0.15) is 11.6 Å². The van der Waals surface area contributed by atoms with E-state index in [4.69, 9.17) is 5.14 Å². The van der Waals surface area contributed by atoms with Crippen molar-refractivity contribution < 1.29 is 8.42 Å². The van der Waals surface area contributed by atoms with Crippen LogP contribution in [0.25, 0.3) is 0 Å². The fraction of sp³-hybridized carbons (Fsp3) is 0.500. The van der Waals surface area contributed by atoms with Crippen LogP contribution in [0.2, 0.25) is 0 Å². The number of rotatable bonds is 6. The molecule has 0 atom stereocenters. The van der Waals surface area contributed by atoms with Gasteiger partial charge in [0.05, 0.1) is 18.1 Å². The topological polar surface area (TPSA) is 110 Å². The van der Waals surface area contributed by atoms with Crippen LogP contribution in [0.15, 0.2) is 12.4 Å². The molecule has 0 spiro atoms. The van der Waals surface area contributed by atoms with E-state index in [1.54, 1.807) is 6.20 Å². The minimum Gasteiger partial charge on any atom is -0.369 e. The largest absolute Gasteiger partial charge is 0.369 e. The predicted molar refractivity (Wildman–Crippen MR) is 62.7 cm³/mol. The predicted octanol–water partition coefficient (Wildman–Crippen LogP) is -0.391. The van der Waals surface area contributed by atoms with Crippen LogP contribution < -0.4 is 15.8 Å². The molecule has 16 heavy (non-hydrogen) atoms. The van der Waals surface area contributed by atoms with Gasteiger partial charge < -0.3 is 10.6 Å². The highest BCUT2D eigenvalue weighted by molar-refractivity contribution is 7.89. The number of nitrogens with two attached hydrogens (primary N) is 1. The van der Waals surface area contributed by atoms with Crippen molar-refractivity contribution in [2.75, 3.05) is 29.5 Å². The number of hydrogen-bond donors (Lipinski definition) is 3. The molecule has 0 aromatic carbocycles. The van der Waals surface area contributed by atoms with E-state index in [2.05, 4.69) is 20.6 Å². The van der Waals surface area contributed by atoms with Crippen LogP contribution >= 0.6 is 0 Å². The Hall–Kier alpha value is -1.41. The summed E-state index contributed by atoms with van der Waals surface area (Å²) in [6.07, 6.45) is 3.11. The molecule has 90 valence electrons. The third-order valence-corrected chi connectivity index (χ3v) is 2.46. The summed E-state index contributed by atoms with van der Waals surface area (Å²) in [4.78, 5) is 8.11. The molecule has 8 heteroatoms. The Morgan fingerprint density at radius 3 is 2.50 bits per heavy atom. The van der Waals surface area contributed by atoms with Gasteiger partial charge >= 0.3 is 0 Å². The first-order chi connectivity index (χ1) is 7.51. The summed E-state index contributed by atoms with van der Waals surface area (Å²) in [5.41, 5.74) is 0. The Bertz CT molecular complexity index is 434. The Kier molecular flexibility index (Phi) is 4.44. The fourth-order valence-electron chi connectivity index (χ4n) is 1.04. The maximum Gasteiger partial charge on any atom is 0.210 e. The molecule has 1 aromatic heterocycles. The third-order valence-electron chi connectivity index (χ3n) is 1.69. The van der Waals surface area contributed by atoms with Gasteiger partial charge in [0.15, 0.2) is 0 Å². The maximum atomic E-state index is 10.7. The number of sulfonamides is 1. The monoisotopic (exact) mass is 245 g/mol. The zero-order valence-corrected chi connectivity index (χ0v) is 9.79. The molecule has 0 aliphatic rings. The summed E-state index contributed by atoms with van der Waals surface area (Å²) in [6, 6.07) is 0. The lowest BCUT2D eigenvalue weighted by atomic mass is 10.5. The molecule has 1 rings (SSSR count). The van der Waals surface area contributed by atoms with Crippen molar-refractivity contribution in [1.82, 2.24) is 9.97 Å². The van der Waals surface area contributed by atoms with Crippen molar-refractivity contribution in [2.45, 2.75) is 6.92 Å². The summed E-state index contributed by atoms with van der Waals surface area (Å²) in [6.45, 7) is 2.90. The third kappa shape index (κ3) is 4.89. The first-order valence-electron chi connectivity index (χ1n) is 4.81. The average Bonchev–Trinajstić information content (AvgIpc) is 2.17. The van der Waals surface area contributed by atoms with E-state index >= 15 is 0 Å². The van der Waals surface area contributed by atoms with E-state index < -0.39 is 10.0 Å². The van der Waals surface area contributed by atoms with Crippen molar-refractivity contribution in [3.05, 3.63) is 12.4 Å². The van der Waals surface area contributed by atoms with Gasteiger partial charge in [0.2, 0.25) is 10.0 Å². The van der Waals surface area contributed by atoms with Gasteiger partial charge in [-0.15, -0.1) is 0 Å². The number of anilines is 2. The van der Waals surface area contributed by atoms with Gasteiger partial charge in [-0.05, 0) is 6.92 Å². The van der Waals surface area contributed by atoms with Gasteiger partial charge in [0, 0.05) is 13.1 Å². The van der Waals surface area contributed by atoms with Gasteiger partial charge in [-0.1, -0.05) is 0 Å². The van der Waals surface area contributed by atoms with E-state index in [9.17, 15) is 8.42 Å². The average molecular weight is 245 g/mol. The second-order valence-electron chi connectivity index (χ2n) is 3.11. The van der Waals surface area contributed by atoms with Crippen molar-refractivity contribution in [2.24, 2.45) is 5.14 Å². The van der Waals surface area contributed by atoms with E-state index in [-0.39, 0.29) is 12.3 Å². The molecule has 0 aliphatic heterocycles. The van der Waals surface area contributed by atoms with Crippen LogP contribution in [-0.2, 0) is 10.0 Å². The Labute approximate surface area is 94.5 Å². The van der Waals surface area contributed by atoms with E-state index in [0.29, 0.717) is 11.6 Å². The van der Waals surface area contributed by atoms with Crippen LogP contribution in [0.3, 0.4) is 0 Å². The highest BCUT2D eigenvalue weighted by Gasteiger charge is 2.02. The SMILES string of the molecule is CCNc1cncc(NCCS(N)(=O)=O)n1. The van der Waals surface area contributed by atoms with Gasteiger partial charge in [-0.3, -0.25) is 4.98 Å². The quantitative estimate of drug-likeness (QED) is 0.629. The van der Waals surface area contributed by atoms with Crippen molar-refractivity contribution >= 4 is 21.7 Å². The zero-order chi connectivity index (χ0) is 12.0. The van der Waals surface area contributed by atoms with Crippen LogP contribution in [0, 0.1) is 0 Å². The molecule has 0 amide bonds. The number of primary sulfonamides is 1. The molecule has 0 aliphatic carbocycles. The first-order valence-corrected chi connectivity index (χ1v) is 6.53. The highest BCUT2D eigenvalue weighted by atomic mass is 32.2. The summed E-state index contributed by atoms with van der Waals surface area (Å²) >= 11 is 0. The Morgan fingerprint density at radius 2 is 1.94 bits per heavy atom. The lowest BCUT2D eigenvalue weighted by molar-refractivity contribution is 0.598. The van der Waals surface area contributed by atoms with Crippen molar-refractivity contribution in [3.8, 4) is 0 Å². The number of nitrogens with one attached hydrogen (secondary N) is 2. The minimum absolute atomic E-state index is 0.139. The van der Waals surface area contributed by atoms with Gasteiger partial charge in [-0.25, -0.2) is 18.5 Å². The molecule has 0 bridgehead atoms. The maximum absolute atomic E-state index is 10.7. The van der Waals surface area contributed by atoms with E-state index in [1.807, 2.05) is 6.92 Å². The number of nitrogens with zero attached hydrogens (tertiary/aromatic N) is 2. The minimum atomic E-state index is -3.44. The zero-order valence-electron chi connectivity index (χ0n) is 8.97. The molecule has 1 heterocycles. The number of hydrogen-bond acceptors (Lipinski definition) is 6. The van der Waals surface area contributed by atoms with E-state index in [1.165, 1.54) is 6.20 Å². The lowest BCUT2D eigenvalue weighted by Gasteiger charge is -2.06. The number of aromatic nitrogens is 2. The van der Waals surface area contributed by atoms with Crippen LogP contribution in [0.5, 0.6) is 0 Å². The molecular formula is C8H15N5O2S. The van der Waals surface area contributed by atoms with Gasteiger partial charge in [-0.2, -0.15) is 0 Å². The lowest BCUT2D eigenvalue weighted by Crippen LogP contribution is -2.22. The normalized spacial score (nSPS) is 11.1. The second kappa shape index (κ2) is 5.61. The highest BCUT2D eigenvalue weighted by Crippen LogP contribution is 2.05. The molecule has 0 unspecified atom stereocenters. The Morgan fingerprint density at radius 1 is 1.31 bits per heavy atom. The molecule has 1 aromatic rings. The summed E-state index contributed by atoms with van der Waals surface area (Å²) in [5.74, 6) is 1.02. The molecule has 7 nitrogen and oxygen atoms in total. The summed E-state index contributed by atoms with van der Waals surface area (Å²) < 4.78 is 21.4. The Balaban J connectivity index is 2.51. The molecule has 0 saturated carbocycles. The van der Waals surface area contributed by atoms with Crippen LogP contribution in [0.1, 0.15) is 6.92 Å². The summed E-state index contributed by atoms with van der Waals surface area (Å²) in [5, 5.41) is 10.7. The van der Waals surface area contributed by atoms with Crippen LogP contribution in [0.4, 0.5) is 11.6 Å². The fourth-order valence-corrected chi connectivity index (χ4v) is 1.43. The molecule has 0 saturated heterocycles. The first kappa shape index (κ1) is 12.7.